The number of ether oxygens (including phenoxy) is 1. The van der Waals surface area contributed by atoms with Crippen LogP contribution in [0.15, 0.2) is 91.1 Å². The van der Waals surface area contributed by atoms with Crippen LogP contribution in [0.4, 0.5) is 0 Å². The van der Waals surface area contributed by atoms with Crippen molar-refractivity contribution in [2.45, 2.75) is 62.5 Å². The molecule has 9 rings (SSSR count). The van der Waals surface area contributed by atoms with E-state index in [0.717, 1.165) is 72.3 Å². The smallest absolute Gasteiger partial charge is 0.160 e. The molecule has 0 fully saturated rings. The first-order chi connectivity index (χ1) is 20.8. The number of hydrogen-bond acceptors (Lipinski definition) is 3. The largest absolute Gasteiger partial charge is 0.487 e. The lowest BCUT2D eigenvalue weighted by molar-refractivity contribution is 0.153. The van der Waals surface area contributed by atoms with Crippen molar-refractivity contribution >= 4 is 23.1 Å². The Morgan fingerprint density at radius 1 is 0.810 bits per heavy atom. The topological polar surface area (TPSA) is 39.9 Å². The van der Waals surface area contributed by atoms with Gasteiger partial charge in [-0.1, -0.05) is 85.0 Å². The van der Waals surface area contributed by atoms with E-state index in [-0.39, 0.29) is 24.0 Å². The van der Waals surface area contributed by atoms with Crippen molar-refractivity contribution in [1.29, 1.82) is 0 Å². The first-order valence-electron chi connectivity index (χ1n) is 15.5. The molecule has 2 aromatic heterocycles. The quantitative estimate of drug-likeness (QED) is 0.241. The van der Waals surface area contributed by atoms with E-state index in [0.29, 0.717) is 0 Å². The number of benzene rings is 2. The SMILES string of the molecule is C1=CCC(c2nc(-c3cccc4c3C3CC=CC(n5c6c(c7c5CCC=C7)CCC=C6)C3O4)nc3ccccc23)C=C1. The second kappa shape index (κ2) is 9.55. The highest BCUT2D eigenvalue weighted by atomic mass is 16.5. The van der Waals surface area contributed by atoms with Crippen LogP contribution in [-0.4, -0.2) is 20.6 Å². The number of hydrogen-bond donors (Lipinski definition) is 0. The second-order valence-electron chi connectivity index (χ2n) is 12.1. The Morgan fingerprint density at radius 2 is 1.74 bits per heavy atom. The minimum Gasteiger partial charge on any atom is -0.487 e. The molecular weight excluding hydrogens is 514 g/mol. The molecule has 4 unspecified atom stereocenters. The van der Waals surface area contributed by atoms with Gasteiger partial charge >= 0.3 is 0 Å². The lowest BCUT2D eigenvalue weighted by Crippen LogP contribution is -2.33. The van der Waals surface area contributed by atoms with Crippen LogP contribution in [0.1, 0.15) is 77.3 Å². The van der Waals surface area contributed by atoms with Crippen molar-refractivity contribution < 1.29 is 4.74 Å². The molecule has 0 saturated heterocycles. The van der Waals surface area contributed by atoms with Crippen molar-refractivity contribution in [2.75, 3.05) is 0 Å². The summed E-state index contributed by atoms with van der Waals surface area (Å²) in [7, 11) is 0. The number of fused-ring (bicyclic) bond motifs is 7. The predicted octanol–water partition coefficient (Wildman–Crippen LogP) is 8.66. The van der Waals surface area contributed by atoms with E-state index in [1.54, 1.807) is 0 Å². The van der Waals surface area contributed by atoms with Crippen LogP contribution in [0.25, 0.3) is 34.4 Å². The zero-order chi connectivity index (χ0) is 27.6. The van der Waals surface area contributed by atoms with Crippen molar-refractivity contribution in [3.8, 4) is 17.1 Å². The van der Waals surface area contributed by atoms with Gasteiger partial charge in [0.2, 0.25) is 0 Å². The van der Waals surface area contributed by atoms with E-state index in [4.69, 9.17) is 14.7 Å². The Balaban J connectivity index is 1.17. The molecule has 2 aromatic carbocycles. The van der Waals surface area contributed by atoms with Gasteiger partial charge in [-0.15, -0.1) is 0 Å². The number of nitrogens with zero attached hydrogens (tertiary/aromatic N) is 3. The molecule has 0 bridgehead atoms. The molecule has 4 aromatic rings. The van der Waals surface area contributed by atoms with Gasteiger partial charge in [0.15, 0.2) is 5.82 Å². The Labute approximate surface area is 246 Å². The second-order valence-corrected chi connectivity index (χ2v) is 12.1. The summed E-state index contributed by atoms with van der Waals surface area (Å²) in [6, 6.07) is 15.1. The molecule has 4 aliphatic carbocycles. The normalized spacial score (nSPS) is 24.8. The van der Waals surface area contributed by atoms with Crippen LogP contribution >= 0.6 is 0 Å². The molecule has 0 radical (unpaired) electrons. The van der Waals surface area contributed by atoms with Crippen LogP contribution in [0.5, 0.6) is 5.75 Å². The third-order valence-corrected chi connectivity index (χ3v) is 9.82. The highest BCUT2D eigenvalue weighted by molar-refractivity contribution is 5.84. The van der Waals surface area contributed by atoms with Crippen LogP contribution in [0.2, 0.25) is 0 Å². The molecule has 4 nitrogen and oxygen atoms in total. The zero-order valence-electron chi connectivity index (χ0n) is 23.6. The predicted molar refractivity (Wildman–Crippen MR) is 170 cm³/mol. The fraction of sp³-hybridized carbons (Fsp3) is 0.263. The highest BCUT2D eigenvalue weighted by Crippen LogP contribution is 2.52. The van der Waals surface area contributed by atoms with E-state index in [1.807, 2.05) is 0 Å². The Morgan fingerprint density at radius 3 is 2.69 bits per heavy atom. The molecule has 0 spiro atoms. The maximum Gasteiger partial charge on any atom is 0.160 e. The summed E-state index contributed by atoms with van der Waals surface area (Å²) in [5, 5.41) is 1.14. The third-order valence-electron chi connectivity index (χ3n) is 9.82. The van der Waals surface area contributed by atoms with E-state index >= 15 is 0 Å². The number of aromatic nitrogens is 3. The molecule has 42 heavy (non-hydrogen) atoms. The third kappa shape index (κ3) is 3.60. The van der Waals surface area contributed by atoms with Gasteiger partial charge in [-0.3, -0.25) is 0 Å². The van der Waals surface area contributed by atoms with E-state index in [9.17, 15) is 0 Å². The van der Waals surface area contributed by atoms with E-state index < -0.39 is 0 Å². The average Bonchev–Trinajstić information content (AvgIpc) is 3.61. The Hall–Kier alpha value is -4.44. The maximum atomic E-state index is 6.94. The summed E-state index contributed by atoms with van der Waals surface area (Å²) in [4.78, 5) is 10.5. The fourth-order valence-electron chi connectivity index (χ4n) is 7.98. The number of para-hydroxylation sites is 1. The first-order valence-corrected chi connectivity index (χ1v) is 15.5. The van der Waals surface area contributed by atoms with Gasteiger partial charge in [-0.2, -0.15) is 0 Å². The molecule has 3 heterocycles. The van der Waals surface area contributed by atoms with Gasteiger partial charge in [-0.05, 0) is 67.9 Å². The molecule has 5 aliphatic rings. The molecular formula is C38H33N3O. The standard InChI is InChI=1S/C38H33N3O/c1-2-12-24(13-3-1)36-27-16-4-7-19-30(27)39-38(40-36)29-18-11-23-34-35(29)28-17-10-22-33(37(28)42-34)41-31-20-8-5-14-25(31)26-15-6-9-21-32(26)41/h1-5,7,9-12,14,16,18-19,21-24,28,33,37H,6,8,13,15,17,20H2. The lowest BCUT2D eigenvalue weighted by atomic mass is 9.82. The summed E-state index contributed by atoms with van der Waals surface area (Å²) in [6.07, 6.45) is 29.4. The monoisotopic (exact) mass is 547 g/mol. The van der Waals surface area contributed by atoms with Gasteiger partial charge in [-0.25, -0.2) is 9.97 Å². The van der Waals surface area contributed by atoms with Crippen molar-refractivity contribution in [1.82, 2.24) is 14.5 Å². The molecule has 206 valence electrons. The van der Waals surface area contributed by atoms with Crippen LogP contribution in [-0.2, 0) is 12.8 Å². The van der Waals surface area contributed by atoms with Crippen molar-refractivity contribution in [3.05, 3.63) is 125 Å². The minimum absolute atomic E-state index is 0.0410. The summed E-state index contributed by atoms with van der Waals surface area (Å²) >= 11 is 0. The summed E-state index contributed by atoms with van der Waals surface area (Å²) < 4.78 is 9.56. The van der Waals surface area contributed by atoms with E-state index in [1.165, 1.54) is 28.1 Å². The van der Waals surface area contributed by atoms with E-state index in [2.05, 4.69) is 108 Å². The Bertz CT molecular complexity index is 1900. The molecule has 0 saturated carbocycles. The molecule has 1 aliphatic heterocycles. The average molecular weight is 548 g/mol. The van der Waals surface area contributed by atoms with Gasteiger partial charge in [0.05, 0.1) is 17.3 Å². The summed E-state index contributed by atoms with van der Waals surface area (Å²) in [6.45, 7) is 0. The summed E-state index contributed by atoms with van der Waals surface area (Å²) in [5.41, 5.74) is 10.3. The van der Waals surface area contributed by atoms with Crippen LogP contribution in [0, 0.1) is 0 Å². The fourth-order valence-corrected chi connectivity index (χ4v) is 7.98. The van der Waals surface area contributed by atoms with Crippen LogP contribution < -0.4 is 4.74 Å². The van der Waals surface area contributed by atoms with Crippen molar-refractivity contribution in [2.24, 2.45) is 0 Å². The number of allylic oxidation sites excluding steroid dienone is 7. The van der Waals surface area contributed by atoms with Gasteiger partial charge in [0, 0.05) is 39.7 Å². The number of rotatable bonds is 3. The molecule has 4 heteroatoms. The van der Waals surface area contributed by atoms with Gasteiger partial charge in [0.25, 0.3) is 0 Å². The molecule has 0 N–H and O–H groups in total. The van der Waals surface area contributed by atoms with Gasteiger partial charge in [0.1, 0.15) is 11.9 Å². The molecule has 0 amide bonds. The minimum atomic E-state index is 0.0410. The maximum absolute atomic E-state index is 6.94. The summed E-state index contributed by atoms with van der Waals surface area (Å²) in [5.74, 6) is 2.29. The zero-order valence-corrected chi connectivity index (χ0v) is 23.6. The van der Waals surface area contributed by atoms with Crippen molar-refractivity contribution in [3.63, 3.8) is 0 Å². The van der Waals surface area contributed by atoms with Gasteiger partial charge < -0.3 is 9.30 Å². The Kier molecular flexibility index (Phi) is 5.50. The molecule has 4 atom stereocenters. The highest BCUT2D eigenvalue weighted by Gasteiger charge is 2.44. The first kappa shape index (κ1) is 24.2. The lowest BCUT2D eigenvalue weighted by Gasteiger charge is -2.33. The van der Waals surface area contributed by atoms with Crippen LogP contribution in [0.3, 0.4) is 0 Å².